The van der Waals surface area contributed by atoms with Crippen molar-refractivity contribution in [2.45, 2.75) is 6.42 Å². The van der Waals surface area contributed by atoms with E-state index < -0.39 is 0 Å². The first-order valence-corrected chi connectivity index (χ1v) is 5.94. The number of carbonyl (C=O) groups is 1. The Morgan fingerprint density at radius 2 is 1.68 bits per heavy atom. The number of anilines is 1. The summed E-state index contributed by atoms with van der Waals surface area (Å²) in [6.07, 6.45) is 3.51. The van der Waals surface area contributed by atoms with E-state index in [4.69, 9.17) is 5.73 Å². The third kappa shape index (κ3) is 4.07. The van der Waals surface area contributed by atoms with Gasteiger partial charge in [0.1, 0.15) is 5.82 Å². The molecule has 0 aliphatic heterocycles. The summed E-state index contributed by atoms with van der Waals surface area (Å²) in [4.78, 5) is 11.7. The second kappa shape index (κ2) is 5.96. The molecule has 2 rings (SSSR count). The van der Waals surface area contributed by atoms with E-state index in [9.17, 15) is 9.18 Å². The lowest BCUT2D eigenvalue weighted by molar-refractivity contribution is -0.113. The summed E-state index contributed by atoms with van der Waals surface area (Å²) in [5, 5.41) is 0. The van der Waals surface area contributed by atoms with Gasteiger partial charge in [-0.15, -0.1) is 0 Å². The summed E-state index contributed by atoms with van der Waals surface area (Å²) >= 11 is 0. The van der Waals surface area contributed by atoms with E-state index in [2.05, 4.69) is 0 Å². The lowest BCUT2D eigenvalue weighted by Gasteiger charge is -1.98. The quantitative estimate of drug-likeness (QED) is 0.673. The van der Waals surface area contributed by atoms with Crippen molar-refractivity contribution in [1.29, 1.82) is 0 Å². The van der Waals surface area contributed by atoms with Crippen LogP contribution in [0.2, 0.25) is 0 Å². The van der Waals surface area contributed by atoms with Crippen molar-refractivity contribution in [3.8, 4) is 0 Å². The molecule has 0 aromatic heterocycles. The molecular weight excluding hydrogens is 241 g/mol. The van der Waals surface area contributed by atoms with Gasteiger partial charge >= 0.3 is 0 Å². The molecule has 19 heavy (non-hydrogen) atoms. The summed E-state index contributed by atoms with van der Waals surface area (Å²) in [6, 6.07) is 13.2. The van der Waals surface area contributed by atoms with Gasteiger partial charge in [0.25, 0.3) is 0 Å². The number of halogens is 1. The van der Waals surface area contributed by atoms with Gasteiger partial charge < -0.3 is 5.73 Å². The van der Waals surface area contributed by atoms with Crippen molar-refractivity contribution in [3.05, 3.63) is 71.6 Å². The molecule has 0 atom stereocenters. The van der Waals surface area contributed by atoms with Crippen LogP contribution in [0.4, 0.5) is 10.1 Å². The Morgan fingerprint density at radius 3 is 2.32 bits per heavy atom. The van der Waals surface area contributed by atoms with E-state index >= 15 is 0 Å². The van der Waals surface area contributed by atoms with Gasteiger partial charge in [-0.1, -0.05) is 30.3 Å². The summed E-state index contributed by atoms with van der Waals surface area (Å²) in [6.45, 7) is 0. The van der Waals surface area contributed by atoms with Gasteiger partial charge in [0.15, 0.2) is 5.78 Å². The number of nitrogens with two attached hydrogens (primary N) is 1. The van der Waals surface area contributed by atoms with Gasteiger partial charge in [0.05, 0.1) is 0 Å². The number of carbonyl (C=O) groups excluding carboxylic acids is 1. The average molecular weight is 255 g/mol. The molecule has 0 saturated carbocycles. The predicted octanol–water partition coefficient (Wildman–Crippen LogP) is 3.23. The summed E-state index contributed by atoms with van der Waals surface area (Å²) < 4.78 is 12.7. The van der Waals surface area contributed by atoms with Crippen molar-refractivity contribution in [3.63, 3.8) is 0 Å². The smallest absolute Gasteiger partial charge is 0.160 e. The first-order valence-electron chi connectivity index (χ1n) is 5.94. The molecule has 0 unspecified atom stereocenters. The molecule has 2 aromatic rings. The summed E-state index contributed by atoms with van der Waals surface area (Å²) in [7, 11) is 0. The fraction of sp³-hybridized carbons (Fsp3) is 0.0625. The van der Waals surface area contributed by atoms with Crippen molar-refractivity contribution in [2.75, 3.05) is 5.73 Å². The zero-order valence-corrected chi connectivity index (χ0v) is 10.3. The van der Waals surface area contributed by atoms with Crippen LogP contribution in [0.5, 0.6) is 0 Å². The van der Waals surface area contributed by atoms with E-state index in [-0.39, 0.29) is 11.6 Å². The maximum atomic E-state index is 12.7. The maximum Gasteiger partial charge on any atom is 0.160 e. The number of allylic oxidation sites excluding steroid dienone is 1. The van der Waals surface area contributed by atoms with Crippen LogP contribution in [0.25, 0.3) is 6.08 Å². The van der Waals surface area contributed by atoms with Gasteiger partial charge in [-0.3, -0.25) is 4.79 Å². The van der Waals surface area contributed by atoms with Gasteiger partial charge in [0.2, 0.25) is 0 Å². The van der Waals surface area contributed by atoms with Gasteiger partial charge in [0, 0.05) is 12.1 Å². The van der Waals surface area contributed by atoms with Crippen molar-refractivity contribution in [1.82, 2.24) is 0 Å². The molecule has 0 radical (unpaired) electrons. The normalized spacial score (nSPS) is 10.8. The Hall–Kier alpha value is -2.42. The molecule has 2 N–H and O–H groups in total. The average Bonchev–Trinajstić information content (AvgIpc) is 2.41. The fourth-order valence-electron chi connectivity index (χ4n) is 1.66. The number of ketones is 1. The second-order valence-corrected chi connectivity index (χ2v) is 4.27. The van der Waals surface area contributed by atoms with E-state index in [1.54, 1.807) is 30.3 Å². The Balaban J connectivity index is 1.97. The number of hydrogen-bond donors (Lipinski definition) is 1. The molecule has 0 heterocycles. The first kappa shape index (κ1) is 13.0. The minimum atomic E-state index is -0.287. The lowest BCUT2D eigenvalue weighted by Crippen LogP contribution is -1.98. The van der Waals surface area contributed by atoms with Crippen LogP contribution in [0.15, 0.2) is 54.6 Å². The Bertz CT molecular complexity index is 585. The van der Waals surface area contributed by atoms with E-state index in [0.717, 1.165) is 11.1 Å². The van der Waals surface area contributed by atoms with E-state index in [1.807, 2.05) is 12.1 Å². The molecule has 0 spiro atoms. The molecule has 2 nitrogen and oxygen atoms in total. The number of rotatable bonds is 4. The summed E-state index contributed by atoms with van der Waals surface area (Å²) in [5.41, 5.74) is 7.97. The minimum Gasteiger partial charge on any atom is -0.399 e. The van der Waals surface area contributed by atoms with Crippen LogP contribution in [0, 0.1) is 5.82 Å². The van der Waals surface area contributed by atoms with Crippen LogP contribution in [-0.4, -0.2) is 5.78 Å². The molecule has 0 saturated heterocycles. The SMILES string of the molecule is Nc1ccc(CC(=O)/C=C/c2ccc(F)cc2)cc1. The molecule has 0 fully saturated rings. The highest BCUT2D eigenvalue weighted by Gasteiger charge is 1.99. The van der Waals surface area contributed by atoms with Crippen molar-refractivity contribution >= 4 is 17.5 Å². The Kier molecular flexibility index (Phi) is 4.08. The predicted molar refractivity (Wildman–Crippen MR) is 75.0 cm³/mol. The van der Waals surface area contributed by atoms with Crippen LogP contribution in [-0.2, 0) is 11.2 Å². The second-order valence-electron chi connectivity index (χ2n) is 4.27. The number of hydrogen-bond acceptors (Lipinski definition) is 2. The number of benzene rings is 2. The largest absolute Gasteiger partial charge is 0.399 e. The van der Waals surface area contributed by atoms with Gasteiger partial charge in [-0.25, -0.2) is 4.39 Å². The van der Waals surface area contributed by atoms with E-state index in [1.165, 1.54) is 18.2 Å². The Morgan fingerprint density at radius 1 is 1.05 bits per heavy atom. The molecule has 0 aliphatic rings. The maximum absolute atomic E-state index is 12.7. The van der Waals surface area contributed by atoms with Gasteiger partial charge in [-0.05, 0) is 41.5 Å². The highest BCUT2D eigenvalue weighted by atomic mass is 19.1. The third-order valence-corrected chi connectivity index (χ3v) is 2.69. The third-order valence-electron chi connectivity index (χ3n) is 2.69. The van der Waals surface area contributed by atoms with Gasteiger partial charge in [-0.2, -0.15) is 0 Å². The highest BCUT2D eigenvalue weighted by Crippen LogP contribution is 2.08. The molecule has 0 aliphatic carbocycles. The molecule has 2 aromatic carbocycles. The molecule has 96 valence electrons. The van der Waals surface area contributed by atoms with Crippen LogP contribution in [0.3, 0.4) is 0 Å². The van der Waals surface area contributed by atoms with Crippen molar-refractivity contribution < 1.29 is 9.18 Å². The van der Waals surface area contributed by atoms with Crippen LogP contribution in [0.1, 0.15) is 11.1 Å². The van der Waals surface area contributed by atoms with Crippen LogP contribution < -0.4 is 5.73 Å². The summed E-state index contributed by atoms with van der Waals surface area (Å²) in [5.74, 6) is -0.292. The first-order chi connectivity index (χ1) is 9.13. The molecule has 0 bridgehead atoms. The monoisotopic (exact) mass is 255 g/mol. The standard InChI is InChI=1S/C16H14FNO/c17-14-6-1-12(2-7-14)5-10-16(19)11-13-3-8-15(18)9-4-13/h1-10H,11,18H2/b10-5+. The lowest BCUT2D eigenvalue weighted by atomic mass is 10.1. The van der Waals surface area contributed by atoms with Crippen molar-refractivity contribution in [2.24, 2.45) is 0 Å². The number of nitrogen functional groups attached to an aromatic ring is 1. The van der Waals surface area contributed by atoms with E-state index in [0.29, 0.717) is 12.1 Å². The topological polar surface area (TPSA) is 43.1 Å². The molecular formula is C16H14FNO. The molecule has 0 amide bonds. The van der Waals surface area contributed by atoms with Crippen LogP contribution >= 0.6 is 0 Å². The zero-order valence-electron chi connectivity index (χ0n) is 10.3. The zero-order chi connectivity index (χ0) is 13.7. The molecule has 3 heteroatoms. The Labute approximate surface area is 111 Å². The fourth-order valence-corrected chi connectivity index (χ4v) is 1.66. The minimum absolute atomic E-state index is 0.00547. The highest BCUT2D eigenvalue weighted by molar-refractivity contribution is 5.95.